The fraction of sp³-hybridized carbons (Fsp3) is 0.423. The molecule has 5 rings (SSSR count). The molecule has 1 aromatic heterocycles. The molecule has 2 heterocycles. The first kappa shape index (κ1) is 23.3. The Morgan fingerprint density at radius 1 is 1.09 bits per heavy atom. The lowest BCUT2D eigenvalue weighted by atomic mass is 9.76. The van der Waals surface area contributed by atoms with Crippen molar-refractivity contribution >= 4 is 34.2 Å². The third-order valence-electron chi connectivity index (χ3n) is 6.66. The minimum Gasteiger partial charge on any atom is -0.311 e. The van der Waals surface area contributed by atoms with Gasteiger partial charge in [0.25, 0.3) is 0 Å². The van der Waals surface area contributed by atoms with Gasteiger partial charge in [-0.25, -0.2) is 0 Å². The quantitative estimate of drug-likeness (QED) is 0.423. The number of carbonyl (C=O) groups is 1. The maximum absolute atomic E-state index is 11.2. The van der Waals surface area contributed by atoms with Gasteiger partial charge >= 0.3 is 0 Å². The maximum atomic E-state index is 11.2. The zero-order valence-electron chi connectivity index (χ0n) is 19.0. The van der Waals surface area contributed by atoms with Gasteiger partial charge in [-0.2, -0.15) is 10.4 Å². The normalized spacial score (nSPS) is 17.1. The van der Waals surface area contributed by atoms with Crippen molar-refractivity contribution in [2.24, 2.45) is 0 Å². The van der Waals surface area contributed by atoms with Crippen LogP contribution in [0, 0.1) is 11.3 Å². The van der Waals surface area contributed by atoms with Gasteiger partial charge in [-0.1, -0.05) is 43.4 Å². The molecule has 3 aromatic rings. The lowest BCUT2D eigenvalue weighted by Crippen LogP contribution is -2.49. The predicted molar refractivity (Wildman–Crippen MR) is 133 cm³/mol. The Hall–Kier alpha value is -2.88. The number of nitrogens with zero attached hydrogens (tertiary/aromatic N) is 2. The van der Waals surface area contributed by atoms with E-state index in [-0.39, 0.29) is 5.91 Å². The summed E-state index contributed by atoms with van der Waals surface area (Å²) in [4.78, 5) is 11.2. The fourth-order valence-electron chi connectivity index (χ4n) is 4.95. The van der Waals surface area contributed by atoms with Crippen molar-refractivity contribution < 1.29 is 4.79 Å². The first-order valence-electron chi connectivity index (χ1n) is 11.7. The number of aromatic amines is 1. The van der Waals surface area contributed by atoms with Gasteiger partial charge in [0.05, 0.1) is 17.1 Å². The Bertz CT molecular complexity index is 1150. The molecule has 1 saturated heterocycles. The molecule has 0 atom stereocenters. The number of rotatable bonds is 2. The number of H-pyrrole nitrogens is 1. The van der Waals surface area contributed by atoms with Crippen LogP contribution in [0.25, 0.3) is 22.0 Å². The largest absolute Gasteiger partial charge is 0.311 e. The molecule has 6 nitrogen and oxygen atoms in total. The van der Waals surface area contributed by atoms with Gasteiger partial charge in [0.1, 0.15) is 0 Å². The Morgan fingerprint density at radius 3 is 2.52 bits per heavy atom. The van der Waals surface area contributed by atoms with Gasteiger partial charge in [0.2, 0.25) is 5.91 Å². The number of carbonyl (C=O) groups excluding carboxylic acids is 1. The van der Waals surface area contributed by atoms with E-state index in [9.17, 15) is 4.79 Å². The molecule has 3 N–H and O–H groups in total. The second kappa shape index (κ2) is 10.4. The third-order valence-corrected chi connectivity index (χ3v) is 6.99. The smallest absolute Gasteiger partial charge is 0.222 e. The van der Waals surface area contributed by atoms with Crippen molar-refractivity contribution in [2.45, 2.75) is 63.8 Å². The molecule has 0 unspecified atom stereocenters. The molecule has 2 aliphatic rings. The Kier molecular flexibility index (Phi) is 7.32. The summed E-state index contributed by atoms with van der Waals surface area (Å²) < 4.78 is 0. The van der Waals surface area contributed by atoms with Crippen molar-refractivity contribution in [2.75, 3.05) is 11.9 Å². The lowest BCUT2D eigenvalue weighted by molar-refractivity contribution is -0.114. The minimum absolute atomic E-state index is 0.191. The molecule has 0 radical (unpaired) electrons. The van der Waals surface area contributed by atoms with Gasteiger partial charge in [0.15, 0.2) is 5.82 Å². The van der Waals surface area contributed by atoms with Crippen LogP contribution in [0.5, 0.6) is 0 Å². The molecule has 1 aliphatic carbocycles. The molecule has 1 amide bonds. The second-order valence-corrected chi connectivity index (χ2v) is 9.45. The van der Waals surface area contributed by atoms with Crippen LogP contribution >= 0.6 is 11.6 Å². The number of aromatic nitrogens is 2. The SMILES string of the molecule is C1CCC2(CC1)CCCCN2.CC(=O)Nc1n[nH]c2ccc(-c3cc(C#N)ccc3Cl)cc12. The van der Waals surface area contributed by atoms with E-state index in [1.54, 1.807) is 18.2 Å². The standard InChI is InChI=1S/C16H11ClN4O.C10H19N/c1-9(22)19-16-13-7-11(3-5-15(13)20-21-16)12-6-10(8-18)2-4-14(12)17;1-2-6-10(7-3-1)8-4-5-9-11-10/h2-7H,1H3,(H2,19,20,21,22);11H,1-9H2. The average molecular weight is 464 g/mol. The van der Waals surface area contributed by atoms with E-state index in [1.807, 2.05) is 18.2 Å². The monoisotopic (exact) mass is 463 g/mol. The summed E-state index contributed by atoms with van der Waals surface area (Å²) >= 11 is 6.23. The molecule has 1 saturated carbocycles. The van der Waals surface area contributed by atoms with E-state index in [2.05, 4.69) is 26.9 Å². The molecular weight excluding hydrogens is 434 g/mol. The summed E-state index contributed by atoms with van der Waals surface area (Å²) in [5.74, 6) is 0.278. The number of halogens is 1. The highest BCUT2D eigenvalue weighted by atomic mass is 35.5. The van der Waals surface area contributed by atoms with E-state index in [1.165, 1.54) is 64.8 Å². The van der Waals surface area contributed by atoms with E-state index in [0.29, 0.717) is 21.9 Å². The fourth-order valence-corrected chi connectivity index (χ4v) is 5.17. The molecule has 172 valence electrons. The van der Waals surface area contributed by atoms with Crippen LogP contribution in [0.15, 0.2) is 36.4 Å². The number of fused-ring (bicyclic) bond motifs is 1. The first-order chi connectivity index (χ1) is 16.0. The number of benzene rings is 2. The molecule has 0 bridgehead atoms. The Balaban J connectivity index is 0.000000196. The van der Waals surface area contributed by atoms with Crippen LogP contribution in [-0.2, 0) is 4.79 Å². The van der Waals surface area contributed by atoms with Crippen molar-refractivity contribution in [3.05, 3.63) is 47.0 Å². The van der Waals surface area contributed by atoms with Crippen LogP contribution in [0.4, 0.5) is 5.82 Å². The molecule has 7 heteroatoms. The molecule has 2 fully saturated rings. The number of anilines is 1. The number of nitriles is 1. The zero-order valence-corrected chi connectivity index (χ0v) is 19.8. The zero-order chi connectivity index (χ0) is 23.3. The first-order valence-corrected chi connectivity index (χ1v) is 12.1. The lowest BCUT2D eigenvalue weighted by Gasteiger charge is -2.41. The van der Waals surface area contributed by atoms with Crippen LogP contribution in [-0.4, -0.2) is 28.2 Å². The van der Waals surface area contributed by atoms with Crippen molar-refractivity contribution in [3.63, 3.8) is 0 Å². The summed E-state index contributed by atoms with van der Waals surface area (Å²) in [7, 11) is 0. The van der Waals surface area contributed by atoms with Crippen LogP contribution in [0.2, 0.25) is 5.02 Å². The van der Waals surface area contributed by atoms with Gasteiger partial charge < -0.3 is 10.6 Å². The van der Waals surface area contributed by atoms with Crippen molar-refractivity contribution in [1.29, 1.82) is 5.26 Å². The summed E-state index contributed by atoms with van der Waals surface area (Å²) in [5.41, 5.74) is 3.56. The summed E-state index contributed by atoms with van der Waals surface area (Å²) in [6.07, 6.45) is 11.6. The minimum atomic E-state index is -0.191. The van der Waals surface area contributed by atoms with E-state index in [4.69, 9.17) is 16.9 Å². The number of piperidine rings is 1. The molecule has 33 heavy (non-hydrogen) atoms. The average Bonchev–Trinajstić information content (AvgIpc) is 3.22. The van der Waals surface area contributed by atoms with E-state index in [0.717, 1.165) is 22.0 Å². The van der Waals surface area contributed by atoms with Crippen molar-refractivity contribution in [3.8, 4) is 17.2 Å². The van der Waals surface area contributed by atoms with Gasteiger partial charge in [0, 0.05) is 28.4 Å². The second-order valence-electron chi connectivity index (χ2n) is 9.05. The molecule has 2 aromatic carbocycles. The predicted octanol–water partition coefficient (Wildman–Crippen LogP) is 6.18. The number of amides is 1. The number of nitrogens with one attached hydrogen (secondary N) is 3. The number of hydrogen-bond donors (Lipinski definition) is 3. The summed E-state index contributed by atoms with van der Waals surface area (Å²) in [5, 5.41) is 23.7. The van der Waals surface area contributed by atoms with Gasteiger partial charge in [-0.15, -0.1) is 0 Å². The van der Waals surface area contributed by atoms with Crippen LogP contribution < -0.4 is 10.6 Å². The van der Waals surface area contributed by atoms with E-state index >= 15 is 0 Å². The third kappa shape index (κ3) is 5.55. The van der Waals surface area contributed by atoms with E-state index < -0.39 is 0 Å². The van der Waals surface area contributed by atoms with Gasteiger partial charge in [-0.05, 0) is 68.1 Å². The Morgan fingerprint density at radius 2 is 1.85 bits per heavy atom. The highest BCUT2D eigenvalue weighted by Crippen LogP contribution is 2.34. The number of hydrogen-bond acceptors (Lipinski definition) is 4. The summed E-state index contributed by atoms with van der Waals surface area (Å²) in [6, 6.07) is 12.8. The highest BCUT2D eigenvalue weighted by molar-refractivity contribution is 6.33. The van der Waals surface area contributed by atoms with Gasteiger partial charge in [-0.3, -0.25) is 9.89 Å². The maximum Gasteiger partial charge on any atom is 0.222 e. The molecular formula is C26H30ClN5O. The highest BCUT2D eigenvalue weighted by Gasteiger charge is 2.32. The molecule has 1 spiro atoms. The van der Waals surface area contributed by atoms with Crippen LogP contribution in [0.1, 0.15) is 63.9 Å². The Labute approximate surface area is 199 Å². The summed E-state index contributed by atoms with van der Waals surface area (Å²) in [6.45, 7) is 2.71. The topological polar surface area (TPSA) is 93.6 Å². The molecule has 1 aliphatic heterocycles. The van der Waals surface area contributed by atoms with Crippen molar-refractivity contribution in [1.82, 2.24) is 15.5 Å². The van der Waals surface area contributed by atoms with Crippen LogP contribution in [0.3, 0.4) is 0 Å².